The van der Waals surface area contributed by atoms with E-state index in [2.05, 4.69) is 0 Å². The van der Waals surface area contributed by atoms with Crippen LogP contribution in [0.15, 0.2) is 36.4 Å². The van der Waals surface area contributed by atoms with Gasteiger partial charge >= 0.3 is 0 Å². The van der Waals surface area contributed by atoms with Crippen LogP contribution in [0, 0.1) is 0 Å². The van der Waals surface area contributed by atoms with Crippen LogP contribution in [0.2, 0.25) is 0 Å². The molecule has 0 N–H and O–H groups in total. The smallest absolute Gasteiger partial charge is 0.259 e. The normalized spacial score (nSPS) is 10.9. The quantitative estimate of drug-likeness (QED) is 0.187. The van der Waals surface area contributed by atoms with Crippen LogP contribution < -0.4 is 58.2 Å². The van der Waals surface area contributed by atoms with E-state index < -0.39 is 7.38 Å². The van der Waals surface area contributed by atoms with Gasteiger partial charge in [-0.2, -0.15) is 0 Å². The van der Waals surface area contributed by atoms with Crippen LogP contribution in [0.3, 0.4) is 0 Å². The SMILES string of the molecule is COc1ccc([Si](Cl)(c2ccc(OC)c(OC)c2OC)c2ccc(OC)c(OC)c2OC)c(OC)c1OC. The molecule has 0 spiro atoms. The second kappa shape index (κ2) is 12.3. The van der Waals surface area contributed by atoms with E-state index in [1.54, 1.807) is 60.9 Å². The molecule has 0 atom stereocenters. The second-order valence-electron chi connectivity index (χ2n) is 7.80. The Morgan fingerprint density at radius 2 is 0.605 bits per heavy atom. The zero-order chi connectivity index (χ0) is 28.0. The Balaban J connectivity index is 2.60. The summed E-state index contributed by atoms with van der Waals surface area (Å²) in [5.74, 6) is 3.85. The van der Waals surface area contributed by atoms with E-state index in [-0.39, 0.29) is 0 Å². The number of methoxy groups -OCH3 is 9. The summed E-state index contributed by atoms with van der Waals surface area (Å²) >= 11 is 7.95. The maximum Gasteiger partial charge on any atom is 0.259 e. The molecule has 206 valence electrons. The average molecular weight is 565 g/mol. The highest BCUT2D eigenvalue weighted by Gasteiger charge is 2.48. The number of rotatable bonds is 12. The van der Waals surface area contributed by atoms with Gasteiger partial charge in [-0.3, -0.25) is 0 Å². The maximum atomic E-state index is 7.95. The van der Waals surface area contributed by atoms with Crippen LogP contribution in [0.25, 0.3) is 0 Å². The van der Waals surface area contributed by atoms with E-state index in [4.69, 9.17) is 53.7 Å². The van der Waals surface area contributed by atoms with Crippen molar-refractivity contribution in [2.75, 3.05) is 64.0 Å². The molecule has 3 aromatic carbocycles. The fourth-order valence-electron chi connectivity index (χ4n) is 4.55. The molecular weight excluding hydrogens is 532 g/mol. The Morgan fingerprint density at radius 1 is 0.368 bits per heavy atom. The van der Waals surface area contributed by atoms with E-state index in [1.807, 2.05) is 18.2 Å². The maximum absolute atomic E-state index is 7.95. The first-order valence-corrected chi connectivity index (χ1v) is 14.4. The molecule has 3 aromatic rings. The first-order valence-electron chi connectivity index (χ1n) is 11.4. The molecule has 9 nitrogen and oxygen atoms in total. The van der Waals surface area contributed by atoms with Crippen molar-refractivity contribution in [2.24, 2.45) is 0 Å². The molecular formula is C27H33ClO9Si. The Bertz CT molecular complexity index is 1130. The molecule has 0 bridgehead atoms. The van der Waals surface area contributed by atoms with Gasteiger partial charge in [-0.15, -0.1) is 11.1 Å². The van der Waals surface area contributed by atoms with Gasteiger partial charge in [0, 0.05) is 15.6 Å². The number of hydrogen-bond donors (Lipinski definition) is 0. The minimum atomic E-state index is -3.63. The Hall–Kier alpha value is -3.63. The van der Waals surface area contributed by atoms with Gasteiger partial charge in [-0.1, -0.05) is 18.2 Å². The summed E-state index contributed by atoms with van der Waals surface area (Å²) in [6.45, 7) is 0. The number of benzene rings is 3. The molecule has 0 unspecified atom stereocenters. The molecule has 0 heterocycles. The third-order valence-corrected chi connectivity index (χ3v) is 11.5. The standard InChI is InChI=1S/C27H33ClO9Si/c1-29-16-10-13-19(25(35-7)22(16)32-4)38(28,20-14-11-17(30-2)23(33-5)26(20)36-8)21-15-12-18(31-3)24(34-6)27(21)37-9/h10-15H,1-9H3. The third kappa shape index (κ3) is 4.58. The number of halogens is 1. The first-order chi connectivity index (χ1) is 18.4. The van der Waals surface area contributed by atoms with Gasteiger partial charge in [0.05, 0.1) is 64.0 Å². The molecule has 38 heavy (non-hydrogen) atoms. The summed E-state index contributed by atoms with van der Waals surface area (Å²) in [4.78, 5) is 0. The highest BCUT2D eigenvalue weighted by molar-refractivity contribution is 7.41. The van der Waals surface area contributed by atoms with E-state index >= 15 is 0 Å². The second-order valence-corrected chi connectivity index (χ2v) is 12.4. The topological polar surface area (TPSA) is 83.1 Å². The number of hydrogen-bond acceptors (Lipinski definition) is 9. The zero-order valence-electron chi connectivity index (χ0n) is 23.0. The van der Waals surface area contributed by atoms with Crippen LogP contribution in [0.5, 0.6) is 51.7 Å². The van der Waals surface area contributed by atoms with Gasteiger partial charge in [-0.25, -0.2) is 0 Å². The van der Waals surface area contributed by atoms with Crippen molar-refractivity contribution in [1.82, 2.24) is 0 Å². The van der Waals surface area contributed by atoms with E-state index in [0.717, 1.165) is 0 Å². The van der Waals surface area contributed by atoms with Crippen molar-refractivity contribution >= 4 is 34.0 Å². The lowest BCUT2D eigenvalue weighted by atomic mass is 10.2. The molecule has 0 amide bonds. The van der Waals surface area contributed by atoms with Gasteiger partial charge in [0.25, 0.3) is 7.38 Å². The average Bonchev–Trinajstić information content (AvgIpc) is 2.97. The van der Waals surface area contributed by atoms with Gasteiger partial charge in [0.2, 0.25) is 17.2 Å². The van der Waals surface area contributed by atoms with Crippen molar-refractivity contribution in [2.45, 2.75) is 0 Å². The molecule has 0 aliphatic heterocycles. The highest BCUT2D eigenvalue weighted by atomic mass is 35.6. The monoisotopic (exact) mass is 564 g/mol. The van der Waals surface area contributed by atoms with Crippen LogP contribution in [-0.4, -0.2) is 71.4 Å². The fourth-order valence-corrected chi connectivity index (χ4v) is 9.29. The summed E-state index contributed by atoms with van der Waals surface area (Å²) < 4.78 is 51.4. The van der Waals surface area contributed by atoms with Crippen LogP contribution in [0.1, 0.15) is 0 Å². The molecule has 0 radical (unpaired) electrons. The summed E-state index contributed by atoms with van der Waals surface area (Å²) in [7, 11) is 10.3. The van der Waals surface area contributed by atoms with Gasteiger partial charge in [0.15, 0.2) is 34.5 Å². The van der Waals surface area contributed by atoms with E-state index in [0.29, 0.717) is 67.3 Å². The summed E-state index contributed by atoms with van der Waals surface area (Å²) in [5.41, 5.74) is 0. The lowest BCUT2D eigenvalue weighted by molar-refractivity contribution is 0.325. The fraction of sp³-hybridized carbons (Fsp3) is 0.333. The van der Waals surface area contributed by atoms with Gasteiger partial charge in [0.1, 0.15) is 0 Å². The van der Waals surface area contributed by atoms with Crippen molar-refractivity contribution in [1.29, 1.82) is 0 Å². The molecule has 0 saturated heterocycles. The molecule has 0 saturated carbocycles. The van der Waals surface area contributed by atoms with Gasteiger partial charge < -0.3 is 42.6 Å². The minimum absolute atomic E-state index is 0.393. The molecule has 0 aromatic heterocycles. The van der Waals surface area contributed by atoms with Gasteiger partial charge in [-0.05, 0) is 18.2 Å². The van der Waals surface area contributed by atoms with Crippen LogP contribution >= 0.6 is 11.1 Å². The van der Waals surface area contributed by atoms with Crippen LogP contribution in [0.4, 0.5) is 0 Å². The first kappa shape index (κ1) is 28.9. The lowest BCUT2D eigenvalue weighted by Crippen LogP contribution is -2.63. The lowest BCUT2D eigenvalue weighted by Gasteiger charge is -2.32. The van der Waals surface area contributed by atoms with E-state index in [9.17, 15) is 0 Å². The van der Waals surface area contributed by atoms with Crippen molar-refractivity contribution in [3.05, 3.63) is 36.4 Å². The summed E-state index contributed by atoms with van der Waals surface area (Å²) in [5, 5.41) is 1.95. The predicted molar refractivity (Wildman–Crippen MR) is 149 cm³/mol. The molecule has 0 fully saturated rings. The highest BCUT2D eigenvalue weighted by Crippen LogP contribution is 2.43. The largest absolute Gasteiger partial charge is 0.493 e. The summed E-state index contributed by atoms with van der Waals surface area (Å²) in [6, 6.07) is 10.9. The zero-order valence-corrected chi connectivity index (χ0v) is 24.8. The molecule has 0 aliphatic carbocycles. The Morgan fingerprint density at radius 3 is 0.789 bits per heavy atom. The predicted octanol–water partition coefficient (Wildman–Crippen LogP) is 2.97. The molecule has 0 aliphatic rings. The van der Waals surface area contributed by atoms with Crippen molar-refractivity contribution < 1.29 is 42.6 Å². The third-order valence-electron chi connectivity index (χ3n) is 6.23. The minimum Gasteiger partial charge on any atom is -0.493 e. The summed E-state index contributed by atoms with van der Waals surface area (Å²) in [6.07, 6.45) is 0. The van der Waals surface area contributed by atoms with Crippen molar-refractivity contribution in [3.63, 3.8) is 0 Å². The number of ether oxygens (including phenoxy) is 9. The van der Waals surface area contributed by atoms with Crippen LogP contribution in [-0.2, 0) is 0 Å². The molecule has 3 rings (SSSR count). The van der Waals surface area contributed by atoms with E-state index in [1.165, 1.54) is 21.3 Å². The van der Waals surface area contributed by atoms with Crippen molar-refractivity contribution in [3.8, 4) is 51.7 Å². The molecule has 11 heteroatoms. The Kier molecular flexibility index (Phi) is 9.34. The Labute approximate surface area is 228 Å².